The van der Waals surface area contributed by atoms with Crippen molar-refractivity contribution in [1.29, 1.82) is 0 Å². The molecule has 0 unspecified atom stereocenters. The summed E-state index contributed by atoms with van der Waals surface area (Å²) in [6.45, 7) is 3.33. The number of sulfonamides is 1. The van der Waals surface area contributed by atoms with Crippen LogP contribution in [0.5, 0.6) is 11.5 Å². The van der Waals surface area contributed by atoms with E-state index in [9.17, 15) is 13.2 Å². The molecule has 0 aliphatic rings. The molecule has 140 valence electrons. The van der Waals surface area contributed by atoms with Crippen LogP contribution >= 0.6 is 0 Å². The first-order chi connectivity index (χ1) is 12.3. The number of amides is 1. The van der Waals surface area contributed by atoms with Crippen molar-refractivity contribution in [2.75, 3.05) is 19.5 Å². The topological polar surface area (TPSA) is 93.7 Å². The molecule has 2 aromatic carbocycles. The number of ether oxygens (including phenoxy) is 2. The molecule has 0 fully saturated rings. The van der Waals surface area contributed by atoms with Crippen LogP contribution in [-0.2, 0) is 14.8 Å². The summed E-state index contributed by atoms with van der Waals surface area (Å²) in [6.07, 6.45) is 0. The van der Waals surface area contributed by atoms with Crippen molar-refractivity contribution in [3.63, 3.8) is 0 Å². The molecule has 0 radical (unpaired) electrons. The lowest BCUT2D eigenvalue weighted by atomic mass is 10.2. The molecule has 0 aliphatic heterocycles. The number of carbonyl (C=O) groups excluding carboxylic acids is 1. The maximum absolute atomic E-state index is 12.4. The molecule has 1 amide bonds. The van der Waals surface area contributed by atoms with Gasteiger partial charge in [0.2, 0.25) is 15.9 Å². The van der Waals surface area contributed by atoms with E-state index in [0.717, 1.165) is 5.56 Å². The average Bonchev–Trinajstić information content (AvgIpc) is 2.61. The van der Waals surface area contributed by atoms with E-state index >= 15 is 0 Å². The number of hydrogen-bond acceptors (Lipinski definition) is 5. The molecule has 0 bridgehead atoms. The molecule has 7 nitrogen and oxygen atoms in total. The minimum Gasteiger partial charge on any atom is -0.497 e. The third kappa shape index (κ3) is 4.74. The van der Waals surface area contributed by atoms with Gasteiger partial charge in [0, 0.05) is 6.07 Å². The van der Waals surface area contributed by atoms with Crippen LogP contribution < -0.4 is 19.5 Å². The van der Waals surface area contributed by atoms with Gasteiger partial charge in [-0.05, 0) is 38.1 Å². The Kier molecular flexibility index (Phi) is 6.23. The molecular weight excluding hydrogens is 356 g/mol. The second-order valence-electron chi connectivity index (χ2n) is 5.71. The van der Waals surface area contributed by atoms with Gasteiger partial charge >= 0.3 is 0 Å². The molecule has 1 atom stereocenters. The lowest BCUT2D eigenvalue weighted by Crippen LogP contribution is -2.41. The summed E-state index contributed by atoms with van der Waals surface area (Å²) in [7, 11) is -0.813. The first-order valence-electron chi connectivity index (χ1n) is 7.88. The van der Waals surface area contributed by atoms with E-state index in [-0.39, 0.29) is 4.90 Å². The third-order valence-electron chi connectivity index (χ3n) is 3.72. The summed E-state index contributed by atoms with van der Waals surface area (Å²) in [4.78, 5) is 12.5. The Balaban J connectivity index is 2.11. The molecule has 0 aromatic heterocycles. The van der Waals surface area contributed by atoms with Crippen LogP contribution in [0.15, 0.2) is 47.4 Å². The molecule has 0 spiro atoms. The number of carbonyl (C=O) groups is 1. The Hall–Kier alpha value is -2.58. The summed E-state index contributed by atoms with van der Waals surface area (Å²) in [6, 6.07) is 10.3. The molecule has 2 N–H and O–H groups in total. The van der Waals surface area contributed by atoms with Crippen LogP contribution in [0, 0.1) is 6.92 Å². The number of rotatable bonds is 7. The van der Waals surface area contributed by atoms with Crippen molar-refractivity contribution in [3.05, 3.63) is 48.0 Å². The van der Waals surface area contributed by atoms with Crippen LogP contribution in [0.1, 0.15) is 12.5 Å². The van der Waals surface area contributed by atoms with Gasteiger partial charge in [0.15, 0.2) is 0 Å². The monoisotopic (exact) mass is 378 g/mol. The van der Waals surface area contributed by atoms with Gasteiger partial charge in [-0.2, -0.15) is 4.72 Å². The Labute approximate surface area is 153 Å². The van der Waals surface area contributed by atoms with Crippen molar-refractivity contribution >= 4 is 21.6 Å². The number of hydrogen-bond donors (Lipinski definition) is 2. The summed E-state index contributed by atoms with van der Waals surface area (Å²) in [5, 5.41) is 2.65. The number of nitrogens with one attached hydrogen (secondary N) is 2. The van der Waals surface area contributed by atoms with Crippen molar-refractivity contribution in [2.45, 2.75) is 24.8 Å². The lowest BCUT2D eigenvalue weighted by molar-refractivity contribution is -0.117. The van der Waals surface area contributed by atoms with Crippen LogP contribution in [0.4, 0.5) is 5.69 Å². The maximum atomic E-state index is 12.4. The summed E-state index contributed by atoms with van der Waals surface area (Å²) < 4.78 is 37.5. The normalized spacial score (nSPS) is 12.3. The molecule has 2 aromatic rings. The fourth-order valence-corrected chi connectivity index (χ4v) is 3.42. The van der Waals surface area contributed by atoms with Crippen LogP contribution in [0.3, 0.4) is 0 Å². The fourth-order valence-electron chi connectivity index (χ4n) is 2.21. The van der Waals surface area contributed by atoms with Crippen LogP contribution in [0.25, 0.3) is 0 Å². The van der Waals surface area contributed by atoms with E-state index in [1.54, 1.807) is 30.3 Å². The first kappa shape index (κ1) is 19.7. The van der Waals surface area contributed by atoms with Gasteiger partial charge < -0.3 is 14.8 Å². The third-order valence-corrected chi connectivity index (χ3v) is 5.28. The zero-order valence-electron chi connectivity index (χ0n) is 15.1. The maximum Gasteiger partial charge on any atom is 0.242 e. The van der Waals surface area contributed by atoms with Gasteiger partial charge in [-0.15, -0.1) is 0 Å². The number of methoxy groups -OCH3 is 2. The minimum absolute atomic E-state index is 0.102. The predicted molar refractivity (Wildman–Crippen MR) is 99.1 cm³/mol. The van der Waals surface area contributed by atoms with Crippen molar-refractivity contribution in [2.24, 2.45) is 0 Å². The van der Waals surface area contributed by atoms with E-state index in [1.165, 1.54) is 33.3 Å². The largest absolute Gasteiger partial charge is 0.497 e. The highest BCUT2D eigenvalue weighted by molar-refractivity contribution is 7.89. The lowest BCUT2D eigenvalue weighted by Gasteiger charge is -2.16. The van der Waals surface area contributed by atoms with Gasteiger partial charge in [0.05, 0.1) is 30.8 Å². The number of aryl methyl sites for hydroxylation is 1. The predicted octanol–water partition coefficient (Wildman–Crippen LogP) is 2.32. The van der Waals surface area contributed by atoms with Crippen molar-refractivity contribution < 1.29 is 22.7 Å². The van der Waals surface area contributed by atoms with Crippen LogP contribution in [0.2, 0.25) is 0 Å². The first-order valence-corrected chi connectivity index (χ1v) is 9.37. The smallest absolute Gasteiger partial charge is 0.242 e. The molecule has 0 saturated heterocycles. The highest BCUT2D eigenvalue weighted by Crippen LogP contribution is 2.29. The quantitative estimate of drug-likeness (QED) is 0.771. The van der Waals surface area contributed by atoms with Crippen molar-refractivity contribution in [1.82, 2.24) is 4.72 Å². The van der Waals surface area contributed by atoms with E-state index in [1.807, 2.05) is 6.92 Å². The molecule has 0 saturated carbocycles. The highest BCUT2D eigenvalue weighted by Gasteiger charge is 2.22. The van der Waals surface area contributed by atoms with Gasteiger partial charge in [-0.3, -0.25) is 4.79 Å². The Morgan fingerprint density at radius 2 is 1.69 bits per heavy atom. The minimum atomic E-state index is -3.80. The summed E-state index contributed by atoms with van der Waals surface area (Å²) in [5.41, 5.74) is 1.36. The summed E-state index contributed by atoms with van der Waals surface area (Å²) in [5.74, 6) is 0.475. The Bertz CT molecular complexity index is 879. The van der Waals surface area contributed by atoms with E-state index in [4.69, 9.17) is 9.47 Å². The molecule has 2 rings (SSSR count). The van der Waals surface area contributed by atoms with Gasteiger partial charge in [0.25, 0.3) is 0 Å². The standard InChI is InChI=1S/C18H22N2O5S/c1-12-5-8-15(9-6-12)26(22,23)20-13(2)18(21)19-16-10-7-14(24-3)11-17(16)25-4/h5-11,13,20H,1-4H3,(H,19,21)/t13-/m1/s1. The Morgan fingerprint density at radius 3 is 2.27 bits per heavy atom. The molecule has 0 heterocycles. The van der Waals surface area contributed by atoms with Crippen molar-refractivity contribution in [3.8, 4) is 11.5 Å². The second-order valence-corrected chi connectivity index (χ2v) is 7.43. The van der Waals surface area contributed by atoms with Gasteiger partial charge in [-0.1, -0.05) is 17.7 Å². The molecule has 8 heteroatoms. The average molecular weight is 378 g/mol. The SMILES string of the molecule is COc1ccc(NC(=O)[C@@H](C)NS(=O)(=O)c2ccc(C)cc2)c(OC)c1. The second kappa shape index (κ2) is 8.20. The zero-order valence-corrected chi connectivity index (χ0v) is 15.9. The Morgan fingerprint density at radius 1 is 1.04 bits per heavy atom. The highest BCUT2D eigenvalue weighted by atomic mass is 32.2. The molecular formula is C18H22N2O5S. The van der Waals surface area contributed by atoms with Gasteiger partial charge in [-0.25, -0.2) is 8.42 Å². The number of anilines is 1. The van der Waals surface area contributed by atoms with Crippen LogP contribution in [-0.4, -0.2) is 34.6 Å². The van der Waals surface area contributed by atoms with E-state index in [2.05, 4.69) is 10.0 Å². The zero-order chi connectivity index (χ0) is 19.3. The summed E-state index contributed by atoms with van der Waals surface area (Å²) >= 11 is 0. The molecule has 0 aliphatic carbocycles. The van der Waals surface area contributed by atoms with E-state index < -0.39 is 22.0 Å². The fraction of sp³-hybridized carbons (Fsp3) is 0.278. The molecule has 26 heavy (non-hydrogen) atoms. The van der Waals surface area contributed by atoms with E-state index in [0.29, 0.717) is 17.2 Å². The number of benzene rings is 2. The van der Waals surface area contributed by atoms with Gasteiger partial charge in [0.1, 0.15) is 11.5 Å².